The molecule has 2 heterocycles. The van der Waals surface area contributed by atoms with E-state index >= 15 is 0 Å². The quantitative estimate of drug-likeness (QED) is 0.771. The number of carbonyl (C=O) groups is 2. The number of amides is 2. The maximum absolute atomic E-state index is 13.4. The summed E-state index contributed by atoms with van der Waals surface area (Å²) < 4.78 is 41.6. The molecule has 0 saturated carbocycles. The third kappa shape index (κ3) is 4.69. The lowest BCUT2D eigenvalue weighted by Gasteiger charge is -2.41. The van der Waals surface area contributed by atoms with Gasteiger partial charge in [0.2, 0.25) is 11.8 Å². The van der Waals surface area contributed by atoms with Crippen molar-refractivity contribution in [3.63, 3.8) is 0 Å². The number of piperazine rings is 1. The van der Waals surface area contributed by atoms with Gasteiger partial charge in [-0.25, -0.2) is 0 Å². The first-order chi connectivity index (χ1) is 15.0. The molecule has 1 unspecified atom stereocenters. The number of aromatic nitrogens is 2. The number of hydrogen-bond acceptors (Lipinski definition) is 5. The number of alkyl halides is 3. The van der Waals surface area contributed by atoms with Crippen LogP contribution in [0.4, 0.5) is 18.9 Å². The van der Waals surface area contributed by atoms with Crippen LogP contribution in [0, 0.1) is 25.2 Å². The predicted molar refractivity (Wildman–Crippen MR) is 110 cm³/mol. The summed E-state index contributed by atoms with van der Waals surface area (Å²) in [5.41, 5.74) is 0.309. The zero-order chi connectivity index (χ0) is 23.6. The molecule has 0 bridgehead atoms. The number of nitrogens with one attached hydrogen (secondary N) is 1. The van der Waals surface area contributed by atoms with Crippen LogP contribution in [-0.2, 0) is 22.3 Å². The van der Waals surface area contributed by atoms with Crippen molar-refractivity contribution in [3.05, 3.63) is 46.8 Å². The molecule has 2 aromatic rings. The highest BCUT2D eigenvalue weighted by molar-refractivity contribution is 5.88. The molecule has 32 heavy (non-hydrogen) atoms. The summed E-state index contributed by atoms with van der Waals surface area (Å²) in [4.78, 5) is 28.5. The van der Waals surface area contributed by atoms with Gasteiger partial charge in [-0.05, 0) is 38.1 Å². The highest BCUT2D eigenvalue weighted by Crippen LogP contribution is 2.35. The van der Waals surface area contributed by atoms with Crippen molar-refractivity contribution in [3.8, 4) is 6.07 Å². The molecule has 8 nitrogen and oxygen atoms in total. The van der Waals surface area contributed by atoms with Crippen LogP contribution in [0.2, 0.25) is 0 Å². The molecule has 1 aromatic carbocycles. The zero-order valence-electron chi connectivity index (χ0n) is 17.9. The fraction of sp³-hybridized carbons (Fsp3) is 0.429. The minimum absolute atomic E-state index is 0.0196. The van der Waals surface area contributed by atoms with Gasteiger partial charge in [-0.3, -0.25) is 14.3 Å². The van der Waals surface area contributed by atoms with E-state index in [1.165, 1.54) is 18.0 Å². The number of nitrogens with zero attached hydrogens (tertiary/aromatic N) is 5. The molecule has 1 atom stereocenters. The molecule has 0 aliphatic carbocycles. The van der Waals surface area contributed by atoms with E-state index in [1.807, 2.05) is 19.9 Å². The standard InChI is InChI=1S/C21H23F3N6O2/c1-13-8-14(2)30(27-13)12-19(31)29-7-6-28(11-18(29)20(32)26-3)16-5-4-15(10-25)17(9-16)21(22,23)24/h4-5,8-9,18H,6-7,11-12H2,1-3H3,(H,26,32). The summed E-state index contributed by atoms with van der Waals surface area (Å²) >= 11 is 0. The average Bonchev–Trinajstić information content (AvgIpc) is 3.07. The maximum Gasteiger partial charge on any atom is 0.417 e. The number of nitriles is 1. The molecular formula is C21H23F3N6O2. The Morgan fingerprint density at radius 1 is 1.25 bits per heavy atom. The molecule has 1 aliphatic rings. The van der Waals surface area contributed by atoms with E-state index in [9.17, 15) is 22.8 Å². The molecule has 0 radical (unpaired) electrons. The van der Waals surface area contributed by atoms with Crippen LogP contribution in [-0.4, -0.2) is 59.2 Å². The van der Waals surface area contributed by atoms with E-state index in [0.29, 0.717) is 0 Å². The minimum Gasteiger partial charge on any atom is -0.367 e. The topological polar surface area (TPSA) is 94.3 Å². The van der Waals surface area contributed by atoms with Gasteiger partial charge in [0.15, 0.2) is 0 Å². The van der Waals surface area contributed by atoms with Crippen molar-refractivity contribution >= 4 is 17.5 Å². The van der Waals surface area contributed by atoms with E-state index in [1.54, 1.807) is 15.7 Å². The Labute approximate surface area is 183 Å². The summed E-state index contributed by atoms with van der Waals surface area (Å²) in [5, 5.41) is 15.8. The molecule has 1 fully saturated rings. The van der Waals surface area contributed by atoms with Crippen molar-refractivity contribution in [1.29, 1.82) is 5.26 Å². The largest absolute Gasteiger partial charge is 0.417 e. The second-order valence-corrected chi connectivity index (χ2v) is 7.59. The van der Waals surface area contributed by atoms with Crippen LogP contribution in [0.5, 0.6) is 0 Å². The van der Waals surface area contributed by atoms with Gasteiger partial charge < -0.3 is 15.1 Å². The Balaban J connectivity index is 1.85. The normalized spacial score (nSPS) is 16.6. The minimum atomic E-state index is -4.68. The molecule has 1 aliphatic heterocycles. The van der Waals surface area contributed by atoms with E-state index in [4.69, 9.17) is 5.26 Å². The number of carbonyl (C=O) groups excluding carboxylic acids is 2. The van der Waals surface area contributed by atoms with Crippen LogP contribution in [0.3, 0.4) is 0 Å². The number of rotatable bonds is 4. The van der Waals surface area contributed by atoms with Gasteiger partial charge in [-0.1, -0.05) is 0 Å². The number of likely N-dealkylation sites (N-methyl/N-ethyl adjacent to an activating group) is 1. The van der Waals surface area contributed by atoms with Crippen molar-refractivity contribution in [1.82, 2.24) is 20.0 Å². The van der Waals surface area contributed by atoms with Crippen LogP contribution in [0.25, 0.3) is 0 Å². The zero-order valence-corrected chi connectivity index (χ0v) is 17.9. The Hall–Kier alpha value is -3.55. The van der Waals surface area contributed by atoms with Gasteiger partial charge in [-0.15, -0.1) is 0 Å². The summed E-state index contributed by atoms with van der Waals surface area (Å²) in [6.45, 7) is 4.00. The van der Waals surface area contributed by atoms with Crippen molar-refractivity contribution in [2.75, 3.05) is 31.6 Å². The van der Waals surface area contributed by atoms with Gasteiger partial charge in [0.25, 0.3) is 0 Å². The van der Waals surface area contributed by atoms with Gasteiger partial charge >= 0.3 is 6.18 Å². The first kappa shape index (κ1) is 23.1. The predicted octanol–water partition coefficient (Wildman–Crippen LogP) is 1.85. The molecule has 11 heteroatoms. The van der Waals surface area contributed by atoms with Gasteiger partial charge in [0.1, 0.15) is 12.6 Å². The number of halogens is 3. The van der Waals surface area contributed by atoms with Crippen LogP contribution in [0.15, 0.2) is 24.3 Å². The monoisotopic (exact) mass is 448 g/mol. The number of aryl methyl sites for hydroxylation is 2. The summed E-state index contributed by atoms with van der Waals surface area (Å²) in [7, 11) is 1.44. The fourth-order valence-corrected chi connectivity index (χ4v) is 3.82. The van der Waals surface area contributed by atoms with E-state index in [2.05, 4.69) is 10.4 Å². The summed E-state index contributed by atoms with van der Waals surface area (Å²) in [5.74, 6) is -0.721. The van der Waals surface area contributed by atoms with Gasteiger partial charge in [-0.2, -0.15) is 23.5 Å². The molecule has 0 spiro atoms. The third-order valence-electron chi connectivity index (χ3n) is 5.43. The Bertz CT molecular complexity index is 1070. The van der Waals surface area contributed by atoms with Crippen molar-refractivity contribution in [2.45, 2.75) is 32.6 Å². The molecule has 1 saturated heterocycles. The lowest BCUT2D eigenvalue weighted by molar-refractivity contribution is -0.141. The lowest BCUT2D eigenvalue weighted by Crippen LogP contribution is -2.61. The molecule has 3 rings (SSSR count). The first-order valence-electron chi connectivity index (χ1n) is 9.93. The third-order valence-corrected chi connectivity index (χ3v) is 5.43. The number of benzene rings is 1. The highest BCUT2D eigenvalue weighted by atomic mass is 19.4. The number of hydrogen-bond donors (Lipinski definition) is 1. The Morgan fingerprint density at radius 2 is 1.97 bits per heavy atom. The second kappa shape index (κ2) is 8.90. The number of anilines is 1. The maximum atomic E-state index is 13.4. The second-order valence-electron chi connectivity index (χ2n) is 7.59. The molecule has 1 aromatic heterocycles. The summed E-state index contributed by atoms with van der Waals surface area (Å²) in [6, 6.07) is 5.95. The van der Waals surface area contributed by atoms with Crippen LogP contribution >= 0.6 is 0 Å². The van der Waals surface area contributed by atoms with Crippen LogP contribution < -0.4 is 10.2 Å². The molecular weight excluding hydrogens is 425 g/mol. The van der Waals surface area contributed by atoms with Crippen molar-refractivity contribution in [2.24, 2.45) is 0 Å². The van der Waals surface area contributed by atoms with Gasteiger partial charge in [0, 0.05) is 38.1 Å². The molecule has 1 N–H and O–H groups in total. The van der Waals surface area contributed by atoms with E-state index < -0.39 is 29.3 Å². The van der Waals surface area contributed by atoms with E-state index in [0.717, 1.165) is 23.5 Å². The SMILES string of the molecule is CNC(=O)C1CN(c2ccc(C#N)c(C(F)(F)F)c2)CCN1C(=O)Cn1nc(C)cc1C. The highest BCUT2D eigenvalue weighted by Gasteiger charge is 2.37. The molecule has 170 valence electrons. The first-order valence-corrected chi connectivity index (χ1v) is 9.93. The lowest BCUT2D eigenvalue weighted by atomic mass is 10.0. The molecule has 2 amide bonds. The smallest absolute Gasteiger partial charge is 0.367 e. The Kier molecular flexibility index (Phi) is 6.43. The average molecular weight is 448 g/mol. The Morgan fingerprint density at radius 3 is 2.53 bits per heavy atom. The fourth-order valence-electron chi connectivity index (χ4n) is 3.82. The van der Waals surface area contributed by atoms with Crippen LogP contribution in [0.1, 0.15) is 22.5 Å². The van der Waals surface area contributed by atoms with Gasteiger partial charge in [0.05, 0.1) is 22.9 Å². The summed E-state index contributed by atoms with van der Waals surface area (Å²) in [6.07, 6.45) is -4.68. The van der Waals surface area contributed by atoms with Crippen molar-refractivity contribution < 1.29 is 22.8 Å². The van der Waals surface area contributed by atoms with E-state index in [-0.39, 0.29) is 37.8 Å².